The highest BCUT2D eigenvalue weighted by molar-refractivity contribution is 5.81. The lowest BCUT2D eigenvalue weighted by Gasteiger charge is -2.06. The summed E-state index contributed by atoms with van der Waals surface area (Å²) in [5, 5.41) is 0. The molecule has 2 fully saturated rings. The van der Waals surface area contributed by atoms with Crippen molar-refractivity contribution in [1.29, 1.82) is 0 Å². The number of hydrogen-bond donors (Lipinski definition) is 0. The predicted molar refractivity (Wildman–Crippen MR) is 36.4 cm³/mol. The Kier molecular flexibility index (Phi) is 1.08. The van der Waals surface area contributed by atoms with Crippen molar-refractivity contribution in [3.05, 3.63) is 0 Å². The maximum atomic E-state index is 11.2. The molecule has 0 radical (unpaired) electrons. The average Bonchev–Trinajstić information content (AvgIpc) is 2.54. The summed E-state index contributed by atoms with van der Waals surface area (Å²) in [6.07, 6.45) is 4.64. The van der Waals surface area contributed by atoms with E-state index in [0.717, 1.165) is 12.8 Å². The molecule has 0 spiro atoms. The quantitative estimate of drug-likeness (QED) is 0.514. The van der Waals surface area contributed by atoms with E-state index in [9.17, 15) is 4.79 Å². The van der Waals surface area contributed by atoms with E-state index in [-0.39, 0.29) is 11.4 Å². The van der Waals surface area contributed by atoms with Gasteiger partial charge in [-0.3, -0.25) is 4.79 Å². The molecule has 0 aromatic rings. The van der Waals surface area contributed by atoms with E-state index in [4.69, 9.17) is 4.74 Å². The molecular formula is C8H12O2. The smallest absolute Gasteiger partial charge is 0.312 e. The van der Waals surface area contributed by atoms with Gasteiger partial charge in [0, 0.05) is 0 Å². The SMILES string of the molecule is COC(=O)C12CCCC1C2. The van der Waals surface area contributed by atoms with Crippen LogP contribution in [0.5, 0.6) is 0 Å². The van der Waals surface area contributed by atoms with Crippen molar-refractivity contribution in [1.82, 2.24) is 0 Å². The van der Waals surface area contributed by atoms with E-state index in [1.165, 1.54) is 20.0 Å². The third-order valence-electron chi connectivity index (χ3n) is 3.00. The summed E-state index contributed by atoms with van der Waals surface area (Å²) in [5.74, 6) is 0.718. The summed E-state index contributed by atoms with van der Waals surface area (Å²) in [7, 11) is 1.49. The number of rotatable bonds is 1. The maximum absolute atomic E-state index is 11.2. The fourth-order valence-electron chi connectivity index (χ4n) is 2.28. The Labute approximate surface area is 60.6 Å². The van der Waals surface area contributed by atoms with Crippen LogP contribution in [-0.4, -0.2) is 13.1 Å². The molecule has 0 N–H and O–H groups in total. The molecule has 10 heavy (non-hydrogen) atoms. The van der Waals surface area contributed by atoms with Gasteiger partial charge in [-0.25, -0.2) is 0 Å². The third-order valence-corrected chi connectivity index (χ3v) is 3.00. The number of hydrogen-bond acceptors (Lipinski definition) is 2. The minimum absolute atomic E-state index is 0.00868. The van der Waals surface area contributed by atoms with E-state index in [1.807, 2.05) is 0 Å². The highest BCUT2D eigenvalue weighted by atomic mass is 16.5. The topological polar surface area (TPSA) is 26.3 Å². The zero-order chi connectivity index (χ0) is 7.19. The van der Waals surface area contributed by atoms with Gasteiger partial charge in [-0.15, -0.1) is 0 Å². The predicted octanol–water partition coefficient (Wildman–Crippen LogP) is 1.35. The third kappa shape index (κ3) is 0.568. The molecule has 0 aromatic heterocycles. The summed E-state index contributed by atoms with van der Waals surface area (Å²) in [6, 6.07) is 0. The molecule has 0 bridgehead atoms. The first kappa shape index (κ1) is 6.20. The number of carbonyl (C=O) groups excluding carboxylic acids is 1. The molecule has 2 atom stereocenters. The van der Waals surface area contributed by atoms with Crippen LogP contribution in [0.25, 0.3) is 0 Å². The molecule has 0 saturated heterocycles. The van der Waals surface area contributed by atoms with E-state index >= 15 is 0 Å². The lowest BCUT2D eigenvalue weighted by atomic mass is 10.1. The molecule has 0 amide bonds. The Hall–Kier alpha value is -0.530. The number of methoxy groups -OCH3 is 1. The second-order valence-electron chi connectivity index (χ2n) is 3.44. The monoisotopic (exact) mass is 140 g/mol. The van der Waals surface area contributed by atoms with Crippen molar-refractivity contribution < 1.29 is 9.53 Å². The molecule has 56 valence electrons. The fraction of sp³-hybridized carbons (Fsp3) is 0.875. The van der Waals surface area contributed by atoms with Crippen LogP contribution in [0.1, 0.15) is 25.7 Å². The average molecular weight is 140 g/mol. The van der Waals surface area contributed by atoms with Crippen molar-refractivity contribution in [3.63, 3.8) is 0 Å². The molecule has 0 aromatic carbocycles. The zero-order valence-electron chi connectivity index (χ0n) is 6.22. The number of esters is 1. The minimum atomic E-state index is 0.00868. The molecule has 2 rings (SSSR count). The van der Waals surface area contributed by atoms with Crippen molar-refractivity contribution >= 4 is 5.97 Å². The number of carbonyl (C=O) groups is 1. The van der Waals surface area contributed by atoms with Gasteiger partial charge in [0.25, 0.3) is 0 Å². The normalized spacial score (nSPS) is 42.7. The Bertz CT molecular complexity index is 176. The minimum Gasteiger partial charge on any atom is -0.469 e. The maximum Gasteiger partial charge on any atom is 0.312 e. The fourth-order valence-corrected chi connectivity index (χ4v) is 2.28. The molecule has 2 nitrogen and oxygen atoms in total. The van der Waals surface area contributed by atoms with Crippen LogP contribution in [0.3, 0.4) is 0 Å². The lowest BCUT2D eigenvalue weighted by Crippen LogP contribution is -2.16. The number of fused-ring (bicyclic) bond motifs is 1. The van der Waals surface area contributed by atoms with Crippen LogP contribution < -0.4 is 0 Å². The number of ether oxygens (including phenoxy) is 1. The first-order chi connectivity index (χ1) is 4.79. The van der Waals surface area contributed by atoms with Crippen LogP contribution in [0, 0.1) is 11.3 Å². The highest BCUT2D eigenvalue weighted by Gasteiger charge is 2.62. The highest BCUT2D eigenvalue weighted by Crippen LogP contribution is 2.63. The second kappa shape index (κ2) is 1.74. The Balaban J connectivity index is 2.11. The molecule has 2 aliphatic rings. The second-order valence-corrected chi connectivity index (χ2v) is 3.44. The Morgan fingerprint density at radius 1 is 1.70 bits per heavy atom. The van der Waals surface area contributed by atoms with Gasteiger partial charge in [-0.1, -0.05) is 6.42 Å². The van der Waals surface area contributed by atoms with Crippen LogP contribution in [0.2, 0.25) is 0 Å². The Morgan fingerprint density at radius 2 is 2.50 bits per heavy atom. The molecule has 2 unspecified atom stereocenters. The van der Waals surface area contributed by atoms with Gasteiger partial charge in [0.15, 0.2) is 0 Å². The zero-order valence-corrected chi connectivity index (χ0v) is 6.22. The van der Waals surface area contributed by atoms with Crippen LogP contribution in [0.15, 0.2) is 0 Å². The van der Waals surface area contributed by atoms with E-state index in [2.05, 4.69) is 0 Å². The summed E-state index contributed by atoms with van der Waals surface area (Å²) in [5.41, 5.74) is 0.00868. The summed E-state index contributed by atoms with van der Waals surface area (Å²) >= 11 is 0. The first-order valence-electron chi connectivity index (χ1n) is 3.88. The largest absolute Gasteiger partial charge is 0.469 e. The molecule has 0 aliphatic heterocycles. The van der Waals surface area contributed by atoms with Crippen LogP contribution in [-0.2, 0) is 9.53 Å². The first-order valence-corrected chi connectivity index (χ1v) is 3.88. The van der Waals surface area contributed by atoms with Crippen molar-refractivity contribution in [3.8, 4) is 0 Å². The van der Waals surface area contributed by atoms with Crippen LogP contribution in [0.4, 0.5) is 0 Å². The molecule has 0 heterocycles. The van der Waals surface area contributed by atoms with Gasteiger partial charge in [0.05, 0.1) is 12.5 Å². The molecule has 2 aliphatic carbocycles. The van der Waals surface area contributed by atoms with E-state index in [0.29, 0.717) is 5.92 Å². The molecular weight excluding hydrogens is 128 g/mol. The van der Waals surface area contributed by atoms with Gasteiger partial charge >= 0.3 is 5.97 Å². The van der Waals surface area contributed by atoms with Gasteiger partial charge in [0.2, 0.25) is 0 Å². The van der Waals surface area contributed by atoms with Gasteiger partial charge in [-0.2, -0.15) is 0 Å². The van der Waals surface area contributed by atoms with E-state index < -0.39 is 0 Å². The summed E-state index contributed by atoms with van der Waals surface area (Å²) < 4.78 is 4.74. The Morgan fingerprint density at radius 3 is 2.90 bits per heavy atom. The van der Waals surface area contributed by atoms with Crippen molar-refractivity contribution in [2.45, 2.75) is 25.7 Å². The van der Waals surface area contributed by atoms with Gasteiger partial charge in [-0.05, 0) is 25.2 Å². The van der Waals surface area contributed by atoms with Gasteiger partial charge < -0.3 is 4.74 Å². The molecule has 2 saturated carbocycles. The van der Waals surface area contributed by atoms with Crippen molar-refractivity contribution in [2.75, 3.05) is 7.11 Å². The van der Waals surface area contributed by atoms with Gasteiger partial charge in [0.1, 0.15) is 0 Å². The molecule has 2 heteroatoms. The summed E-state index contributed by atoms with van der Waals surface area (Å²) in [4.78, 5) is 11.2. The standard InChI is InChI=1S/C8H12O2/c1-10-7(9)8-4-2-3-6(8)5-8/h6H,2-5H2,1H3. The van der Waals surface area contributed by atoms with Crippen molar-refractivity contribution in [2.24, 2.45) is 11.3 Å². The van der Waals surface area contributed by atoms with E-state index in [1.54, 1.807) is 0 Å². The van der Waals surface area contributed by atoms with Crippen LogP contribution >= 0.6 is 0 Å². The lowest BCUT2D eigenvalue weighted by molar-refractivity contribution is -0.147. The summed E-state index contributed by atoms with van der Waals surface area (Å²) in [6.45, 7) is 0.